The molecule has 3 rings (SSSR count). The maximum Gasteiger partial charge on any atom is 0.416 e. The van der Waals surface area contributed by atoms with Crippen LogP contribution in [0.15, 0.2) is 24.3 Å². The van der Waals surface area contributed by atoms with Gasteiger partial charge in [-0.15, -0.1) is 11.3 Å². The minimum atomic E-state index is -4.36. The molecule has 1 aromatic heterocycles. The van der Waals surface area contributed by atoms with Gasteiger partial charge in [-0.05, 0) is 37.8 Å². The SMILES string of the molecule is Cc1nc(-c2ccc(C(F)(F)F)cc2)sc1C(=O)N1CCC(C)CC1. The number of carbonyl (C=O) groups is 1. The van der Waals surface area contributed by atoms with E-state index in [9.17, 15) is 18.0 Å². The molecule has 3 nitrogen and oxygen atoms in total. The zero-order chi connectivity index (χ0) is 18.2. The summed E-state index contributed by atoms with van der Waals surface area (Å²) in [4.78, 5) is 19.5. The second kappa shape index (κ2) is 6.78. The van der Waals surface area contributed by atoms with E-state index in [2.05, 4.69) is 11.9 Å². The predicted molar refractivity (Wildman–Crippen MR) is 91.6 cm³/mol. The number of aromatic nitrogens is 1. The Balaban J connectivity index is 1.81. The number of thiazole rings is 1. The van der Waals surface area contributed by atoms with Gasteiger partial charge >= 0.3 is 6.18 Å². The Labute approximate surface area is 148 Å². The van der Waals surface area contributed by atoms with Crippen molar-refractivity contribution in [1.82, 2.24) is 9.88 Å². The Hall–Kier alpha value is -1.89. The molecule has 7 heteroatoms. The number of hydrogen-bond acceptors (Lipinski definition) is 3. The maximum absolute atomic E-state index is 12.7. The Kier molecular flexibility index (Phi) is 4.86. The van der Waals surface area contributed by atoms with Gasteiger partial charge in [-0.25, -0.2) is 4.98 Å². The second-order valence-electron chi connectivity index (χ2n) is 6.48. The molecule has 0 N–H and O–H groups in total. The molecule has 0 spiro atoms. The van der Waals surface area contributed by atoms with Crippen LogP contribution in [0.1, 0.15) is 40.7 Å². The van der Waals surface area contributed by atoms with Gasteiger partial charge in [0, 0.05) is 18.7 Å². The summed E-state index contributed by atoms with van der Waals surface area (Å²) in [5, 5.41) is 0.569. The second-order valence-corrected chi connectivity index (χ2v) is 7.48. The van der Waals surface area contributed by atoms with E-state index in [-0.39, 0.29) is 5.91 Å². The molecule has 0 saturated carbocycles. The minimum absolute atomic E-state index is 0.0277. The molecule has 1 fully saturated rings. The van der Waals surface area contributed by atoms with E-state index in [4.69, 9.17) is 0 Å². The van der Waals surface area contributed by atoms with Gasteiger partial charge in [0.1, 0.15) is 9.88 Å². The van der Waals surface area contributed by atoms with Gasteiger partial charge < -0.3 is 4.90 Å². The summed E-state index contributed by atoms with van der Waals surface area (Å²) in [5.41, 5.74) is 0.527. The maximum atomic E-state index is 12.7. The van der Waals surface area contributed by atoms with Crippen LogP contribution < -0.4 is 0 Å². The van der Waals surface area contributed by atoms with Crippen molar-refractivity contribution in [3.63, 3.8) is 0 Å². The van der Waals surface area contributed by atoms with Gasteiger partial charge in [-0.1, -0.05) is 19.1 Å². The highest BCUT2D eigenvalue weighted by atomic mass is 32.1. The summed E-state index contributed by atoms with van der Waals surface area (Å²) in [6.07, 6.45) is -2.37. The van der Waals surface area contributed by atoms with Gasteiger partial charge in [-0.2, -0.15) is 13.2 Å². The molecule has 1 aliphatic rings. The summed E-state index contributed by atoms with van der Waals surface area (Å²) in [7, 11) is 0. The fourth-order valence-corrected chi connectivity index (χ4v) is 3.92. The number of likely N-dealkylation sites (tertiary alicyclic amines) is 1. The summed E-state index contributed by atoms with van der Waals surface area (Å²) in [5.74, 6) is 0.606. The van der Waals surface area contributed by atoms with E-state index < -0.39 is 11.7 Å². The zero-order valence-electron chi connectivity index (χ0n) is 14.1. The lowest BCUT2D eigenvalue weighted by Crippen LogP contribution is -2.37. The van der Waals surface area contributed by atoms with Crippen LogP contribution in [0.25, 0.3) is 10.6 Å². The molecule has 0 aliphatic carbocycles. The molecule has 0 radical (unpaired) electrons. The first-order valence-electron chi connectivity index (χ1n) is 8.20. The summed E-state index contributed by atoms with van der Waals surface area (Å²) in [6, 6.07) is 4.88. The lowest BCUT2D eigenvalue weighted by atomic mass is 9.99. The van der Waals surface area contributed by atoms with Crippen LogP contribution in [0.2, 0.25) is 0 Å². The number of benzene rings is 1. The number of amides is 1. The third-order valence-electron chi connectivity index (χ3n) is 4.52. The molecule has 134 valence electrons. The van der Waals surface area contributed by atoms with Crippen LogP contribution in [0.3, 0.4) is 0 Å². The van der Waals surface area contributed by atoms with E-state index in [1.165, 1.54) is 23.5 Å². The highest BCUT2D eigenvalue weighted by molar-refractivity contribution is 7.17. The lowest BCUT2D eigenvalue weighted by Gasteiger charge is -2.30. The van der Waals surface area contributed by atoms with Crippen molar-refractivity contribution >= 4 is 17.2 Å². The smallest absolute Gasteiger partial charge is 0.338 e. The first-order chi connectivity index (χ1) is 11.8. The number of nitrogens with zero attached hydrogens (tertiary/aromatic N) is 2. The molecule has 1 aliphatic heterocycles. The largest absolute Gasteiger partial charge is 0.416 e. The number of alkyl halides is 3. The van der Waals surface area contributed by atoms with Gasteiger partial charge in [-0.3, -0.25) is 4.79 Å². The molecular weight excluding hydrogens is 349 g/mol. The van der Waals surface area contributed by atoms with Gasteiger partial charge in [0.05, 0.1) is 11.3 Å². The third kappa shape index (κ3) is 3.86. The van der Waals surface area contributed by atoms with Crippen molar-refractivity contribution in [2.45, 2.75) is 32.9 Å². The summed E-state index contributed by atoms with van der Waals surface area (Å²) >= 11 is 1.24. The number of halogens is 3. The molecule has 0 atom stereocenters. The topological polar surface area (TPSA) is 33.2 Å². The Morgan fingerprint density at radius 2 is 1.80 bits per heavy atom. The number of piperidine rings is 1. The molecule has 0 unspecified atom stereocenters. The fraction of sp³-hybridized carbons (Fsp3) is 0.444. The quantitative estimate of drug-likeness (QED) is 0.747. The highest BCUT2D eigenvalue weighted by Gasteiger charge is 2.30. The lowest BCUT2D eigenvalue weighted by molar-refractivity contribution is -0.137. The monoisotopic (exact) mass is 368 g/mol. The Morgan fingerprint density at radius 1 is 1.20 bits per heavy atom. The number of rotatable bonds is 2. The average Bonchev–Trinajstić information content (AvgIpc) is 2.96. The van der Waals surface area contributed by atoms with E-state index in [1.54, 1.807) is 6.92 Å². The van der Waals surface area contributed by atoms with Crippen LogP contribution in [0.5, 0.6) is 0 Å². The summed E-state index contributed by atoms with van der Waals surface area (Å²) in [6.45, 7) is 5.44. The van der Waals surface area contributed by atoms with Gasteiger partial charge in [0.25, 0.3) is 5.91 Å². The van der Waals surface area contributed by atoms with Gasteiger partial charge in [0.2, 0.25) is 0 Å². The predicted octanol–water partition coefficient (Wildman–Crippen LogP) is 5.01. The van der Waals surface area contributed by atoms with Crippen LogP contribution >= 0.6 is 11.3 Å². The minimum Gasteiger partial charge on any atom is -0.338 e. The van der Waals surface area contributed by atoms with Crippen molar-refractivity contribution in [2.24, 2.45) is 5.92 Å². The normalized spacial score (nSPS) is 16.3. The van der Waals surface area contributed by atoms with Crippen molar-refractivity contribution in [1.29, 1.82) is 0 Å². The third-order valence-corrected chi connectivity index (χ3v) is 5.72. The standard InChI is InChI=1S/C18H19F3N2OS/c1-11-7-9-23(10-8-11)17(24)15-12(2)22-16(25-15)13-3-5-14(6-4-13)18(19,20)21/h3-6,11H,7-10H2,1-2H3. The Morgan fingerprint density at radius 3 is 2.36 bits per heavy atom. The first kappa shape index (κ1) is 17.9. The molecule has 1 saturated heterocycles. The van der Waals surface area contributed by atoms with Crippen molar-refractivity contribution in [3.05, 3.63) is 40.4 Å². The molecule has 0 bridgehead atoms. The van der Waals surface area contributed by atoms with Crippen molar-refractivity contribution in [3.8, 4) is 10.6 Å². The number of aryl methyl sites for hydroxylation is 1. The molecule has 1 aromatic carbocycles. The van der Waals surface area contributed by atoms with E-state index in [0.717, 1.165) is 38.1 Å². The fourth-order valence-electron chi connectivity index (χ4n) is 2.88. The first-order valence-corrected chi connectivity index (χ1v) is 9.01. The molecule has 1 amide bonds. The summed E-state index contributed by atoms with van der Waals surface area (Å²) < 4.78 is 38.0. The Bertz CT molecular complexity index is 760. The zero-order valence-corrected chi connectivity index (χ0v) is 14.9. The van der Waals surface area contributed by atoms with Crippen LogP contribution in [-0.4, -0.2) is 28.9 Å². The van der Waals surface area contributed by atoms with Gasteiger partial charge in [0.15, 0.2) is 0 Å². The molecular formula is C18H19F3N2OS. The van der Waals surface area contributed by atoms with E-state index >= 15 is 0 Å². The number of carbonyl (C=O) groups excluding carboxylic acids is 1. The van der Waals surface area contributed by atoms with Crippen molar-refractivity contribution < 1.29 is 18.0 Å². The number of hydrogen-bond donors (Lipinski definition) is 0. The average molecular weight is 368 g/mol. The van der Waals surface area contributed by atoms with Crippen LogP contribution in [-0.2, 0) is 6.18 Å². The van der Waals surface area contributed by atoms with E-state index in [0.29, 0.717) is 27.1 Å². The van der Waals surface area contributed by atoms with Crippen molar-refractivity contribution in [2.75, 3.05) is 13.1 Å². The van der Waals surface area contributed by atoms with E-state index in [1.807, 2.05) is 4.90 Å². The molecule has 25 heavy (non-hydrogen) atoms. The molecule has 2 heterocycles. The molecule has 2 aromatic rings. The highest BCUT2D eigenvalue weighted by Crippen LogP contribution is 2.33. The van der Waals surface area contributed by atoms with Crippen LogP contribution in [0, 0.1) is 12.8 Å². The van der Waals surface area contributed by atoms with Crippen LogP contribution in [0.4, 0.5) is 13.2 Å².